The van der Waals surface area contributed by atoms with Crippen molar-refractivity contribution in [3.05, 3.63) is 80.1 Å². The van der Waals surface area contributed by atoms with Gasteiger partial charge in [0.2, 0.25) is 0 Å². The summed E-state index contributed by atoms with van der Waals surface area (Å²) in [5.74, 6) is -6.03. The molecule has 0 unspecified atom stereocenters. The number of benzene rings is 1. The second kappa shape index (κ2) is 11.6. The minimum Gasteiger partial charge on any atom is -0.347 e. The number of hydrogen-bond acceptors (Lipinski definition) is 6. The van der Waals surface area contributed by atoms with Gasteiger partial charge in [0.15, 0.2) is 11.5 Å². The summed E-state index contributed by atoms with van der Waals surface area (Å²) in [6, 6.07) is 8.13. The van der Waals surface area contributed by atoms with E-state index < -0.39 is 41.7 Å². The molecule has 0 bridgehead atoms. The first kappa shape index (κ1) is 32.0. The summed E-state index contributed by atoms with van der Waals surface area (Å²) in [6.45, 7) is 8.48. The molecule has 0 spiro atoms. The molecule has 3 aromatic heterocycles. The quantitative estimate of drug-likeness (QED) is 0.191. The van der Waals surface area contributed by atoms with Gasteiger partial charge in [0.1, 0.15) is 12.2 Å². The van der Waals surface area contributed by atoms with E-state index in [1.807, 2.05) is 20.8 Å². The van der Waals surface area contributed by atoms with Crippen LogP contribution in [0.3, 0.4) is 0 Å². The molecule has 2 amide bonds. The average Bonchev–Trinajstić information content (AvgIpc) is 3.52. The molecule has 3 heterocycles. The number of nitrogens with zero attached hydrogens (tertiary/aromatic N) is 6. The Labute approximate surface area is 256 Å². The van der Waals surface area contributed by atoms with Gasteiger partial charge >= 0.3 is 12.1 Å². The van der Waals surface area contributed by atoms with Crippen molar-refractivity contribution in [2.45, 2.75) is 58.8 Å². The normalized spacial score (nSPS) is 12.3. The molecule has 0 saturated heterocycles. The summed E-state index contributed by atoms with van der Waals surface area (Å²) in [6.07, 6.45) is -4.05. The number of anilines is 1. The fourth-order valence-corrected chi connectivity index (χ4v) is 4.79. The average molecular weight is 716 g/mol. The third kappa shape index (κ3) is 7.00. The lowest BCUT2D eigenvalue weighted by atomic mass is 10.0. The Kier molecular flexibility index (Phi) is 8.63. The molecule has 0 saturated carbocycles. The van der Waals surface area contributed by atoms with Gasteiger partial charge in [-0.25, -0.2) is 9.67 Å². The van der Waals surface area contributed by atoms with Crippen molar-refractivity contribution in [3.8, 4) is 5.82 Å². The van der Waals surface area contributed by atoms with Crippen molar-refractivity contribution < 1.29 is 31.5 Å². The topological polar surface area (TPSA) is 120 Å². The van der Waals surface area contributed by atoms with Crippen LogP contribution in [0.5, 0.6) is 0 Å². The maximum absolute atomic E-state index is 13.7. The second-order valence-corrected chi connectivity index (χ2v) is 12.0. The Morgan fingerprint density at radius 1 is 0.977 bits per heavy atom. The highest BCUT2D eigenvalue weighted by atomic mass is 127. The maximum atomic E-state index is 13.7. The van der Waals surface area contributed by atoms with E-state index in [1.54, 1.807) is 38.1 Å². The Morgan fingerprint density at radius 3 is 2.30 bits per heavy atom. The van der Waals surface area contributed by atoms with E-state index in [-0.39, 0.29) is 28.5 Å². The minimum atomic E-state index is -5.85. The summed E-state index contributed by atoms with van der Waals surface area (Å²) in [7, 11) is 0. The molecule has 16 heteroatoms. The number of nitrogens with one attached hydrogen (secondary N) is 2. The monoisotopic (exact) mass is 716 g/mol. The van der Waals surface area contributed by atoms with Gasteiger partial charge in [-0.2, -0.15) is 42.0 Å². The lowest BCUT2D eigenvalue weighted by Crippen LogP contribution is -2.41. The molecule has 0 radical (unpaired) electrons. The van der Waals surface area contributed by atoms with Gasteiger partial charge in [-0.15, -0.1) is 0 Å². The smallest absolute Gasteiger partial charge is 0.347 e. The van der Waals surface area contributed by atoms with E-state index in [1.165, 1.54) is 16.9 Å². The van der Waals surface area contributed by atoms with Crippen molar-refractivity contribution in [3.63, 3.8) is 0 Å². The van der Waals surface area contributed by atoms with E-state index >= 15 is 0 Å². The summed E-state index contributed by atoms with van der Waals surface area (Å²) < 4.78 is 67.9. The van der Waals surface area contributed by atoms with E-state index in [4.69, 9.17) is 0 Å². The van der Waals surface area contributed by atoms with Gasteiger partial charge in [0, 0.05) is 15.3 Å². The molecule has 4 aromatic rings. The van der Waals surface area contributed by atoms with Gasteiger partial charge in [0.25, 0.3) is 11.8 Å². The first-order valence-electron chi connectivity index (χ1n) is 12.7. The van der Waals surface area contributed by atoms with Crippen LogP contribution in [-0.2, 0) is 12.5 Å². The van der Waals surface area contributed by atoms with Crippen LogP contribution in [0, 0.1) is 17.4 Å². The lowest BCUT2D eigenvalue weighted by molar-refractivity contribution is -0.291. The molecule has 1 aromatic carbocycles. The van der Waals surface area contributed by atoms with Crippen molar-refractivity contribution >= 4 is 40.1 Å². The number of rotatable bonds is 7. The SMILES string of the molecule is Cc1cccnc1-n1nc(Cn2ncc(C(F)(F)C(F)(F)F)n2)cc1C(=O)Nc1c(C)cc(I)cc1C(=O)NC(C)(C)C. The second-order valence-electron chi connectivity index (χ2n) is 10.7. The molecule has 0 aliphatic carbocycles. The predicted molar refractivity (Wildman–Crippen MR) is 154 cm³/mol. The maximum Gasteiger partial charge on any atom is 0.459 e. The Morgan fingerprint density at radius 2 is 1.67 bits per heavy atom. The van der Waals surface area contributed by atoms with Crippen molar-refractivity contribution in [2.24, 2.45) is 0 Å². The van der Waals surface area contributed by atoms with Crippen LogP contribution in [0.4, 0.5) is 27.6 Å². The molecule has 43 heavy (non-hydrogen) atoms. The number of amides is 2. The Balaban J connectivity index is 1.74. The number of alkyl halides is 5. The number of hydrogen-bond donors (Lipinski definition) is 2. The van der Waals surface area contributed by atoms with Crippen LogP contribution in [0.25, 0.3) is 5.82 Å². The fourth-order valence-electron chi connectivity index (χ4n) is 4.01. The summed E-state index contributed by atoms with van der Waals surface area (Å²) in [5, 5.41) is 16.8. The highest BCUT2D eigenvalue weighted by molar-refractivity contribution is 14.1. The predicted octanol–water partition coefficient (Wildman–Crippen LogP) is 5.56. The standard InChI is InChI=1S/C27H26F5IN8O2/c1-14-7-6-8-34-22(14)41-19(11-17(38-41)13-40-35-12-20(39-40)26(28,29)27(30,31)32)24(43)36-21-15(2)9-16(33)10-18(21)23(42)37-25(3,4)5/h6-12H,13H2,1-5H3,(H,36,43)(H,37,42). The van der Waals surface area contributed by atoms with Crippen molar-refractivity contribution in [1.29, 1.82) is 0 Å². The van der Waals surface area contributed by atoms with E-state index in [2.05, 4.69) is 53.5 Å². The largest absolute Gasteiger partial charge is 0.459 e. The molecular formula is C27H26F5IN8O2. The highest BCUT2D eigenvalue weighted by Gasteiger charge is 2.60. The molecular weight excluding hydrogens is 690 g/mol. The summed E-state index contributed by atoms with van der Waals surface area (Å²) in [5.41, 5.74) is -0.387. The molecule has 0 fully saturated rings. The molecule has 0 atom stereocenters. The molecule has 228 valence electrons. The van der Waals surface area contributed by atoms with E-state index in [0.29, 0.717) is 22.1 Å². The van der Waals surface area contributed by atoms with Crippen molar-refractivity contribution in [1.82, 2.24) is 35.1 Å². The Bertz CT molecular complexity index is 1690. The van der Waals surface area contributed by atoms with Crippen LogP contribution in [0.1, 0.15) is 64.1 Å². The van der Waals surface area contributed by atoms with Crippen LogP contribution in [0.15, 0.2) is 42.7 Å². The van der Waals surface area contributed by atoms with Crippen molar-refractivity contribution in [2.75, 3.05) is 5.32 Å². The van der Waals surface area contributed by atoms with E-state index in [0.717, 1.165) is 3.57 Å². The van der Waals surface area contributed by atoms with Crippen LogP contribution in [-0.4, -0.2) is 53.3 Å². The van der Waals surface area contributed by atoms with E-state index in [9.17, 15) is 31.5 Å². The Hall–Kier alpha value is -3.96. The third-order valence-electron chi connectivity index (χ3n) is 5.96. The van der Waals surface area contributed by atoms with Crippen LogP contribution < -0.4 is 10.6 Å². The van der Waals surface area contributed by atoms with Gasteiger partial charge in [-0.1, -0.05) is 6.07 Å². The first-order valence-corrected chi connectivity index (χ1v) is 13.8. The van der Waals surface area contributed by atoms with Gasteiger partial charge in [-0.3, -0.25) is 9.59 Å². The zero-order valence-corrected chi connectivity index (χ0v) is 25.7. The number of carbonyl (C=O) groups excluding carboxylic acids is 2. The molecule has 0 aliphatic heterocycles. The third-order valence-corrected chi connectivity index (χ3v) is 6.59. The molecule has 0 aliphatic rings. The number of aryl methyl sites for hydroxylation is 2. The summed E-state index contributed by atoms with van der Waals surface area (Å²) in [4.78, 5) is 31.8. The van der Waals surface area contributed by atoms with Gasteiger partial charge in [0.05, 0.1) is 23.1 Å². The highest BCUT2D eigenvalue weighted by Crippen LogP contribution is 2.42. The first-order chi connectivity index (χ1) is 19.9. The number of halogens is 6. The minimum absolute atomic E-state index is 0.0510. The van der Waals surface area contributed by atoms with Gasteiger partial charge in [-0.05, 0) is 92.6 Å². The lowest BCUT2D eigenvalue weighted by Gasteiger charge is -2.22. The fraction of sp³-hybridized carbons (Fsp3) is 0.333. The molecule has 10 nitrogen and oxygen atoms in total. The van der Waals surface area contributed by atoms with Gasteiger partial charge < -0.3 is 10.6 Å². The van der Waals surface area contributed by atoms with Crippen LogP contribution >= 0.6 is 22.6 Å². The van der Waals surface area contributed by atoms with Crippen LogP contribution in [0.2, 0.25) is 0 Å². The molecule has 4 rings (SSSR count). The summed E-state index contributed by atoms with van der Waals surface area (Å²) >= 11 is 2.07. The zero-order valence-electron chi connectivity index (χ0n) is 23.5. The number of carbonyl (C=O) groups is 2. The zero-order chi connectivity index (χ0) is 31.9. The molecule has 2 N–H and O–H groups in total. The number of aromatic nitrogens is 6. The number of pyridine rings is 1.